The van der Waals surface area contributed by atoms with Crippen LogP contribution in [-0.4, -0.2) is 17.8 Å². The topological polar surface area (TPSA) is 58.3 Å². The van der Waals surface area contributed by atoms with Crippen LogP contribution >= 0.6 is 0 Å². The SMILES string of the molecule is Cc1c(N)cccc1NC(CO)CC(C)C. The third-order valence-corrected chi connectivity index (χ3v) is 2.71. The quantitative estimate of drug-likeness (QED) is 0.670. The highest BCUT2D eigenvalue weighted by Gasteiger charge is 2.11. The maximum Gasteiger partial charge on any atom is 0.0632 e. The second-order valence-corrected chi connectivity index (χ2v) is 4.67. The summed E-state index contributed by atoms with van der Waals surface area (Å²) in [5, 5.41) is 12.6. The molecule has 1 atom stereocenters. The highest BCUT2D eigenvalue weighted by atomic mass is 16.3. The van der Waals surface area contributed by atoms with Crippen molar-refractivity contribution < 1.29 is 5.11 Å². The van der Waals surface area contributed by atoms with Crippen LogP contribution in [0.25, 0.3) is 0 Å². The van der Waals surface area contributed by atoms with E-state index in [9.17, 15) is 5.11 Å². The van der Waals surface area contributed by atoms with Crippen LogP contribution < -0.4 is 11.1 Å². The predicted molar refractivity (Wildman–Crippen MR) is 69.5 cm³/mol. The molecule has 0 aliphatic carbocycles. The molecular weight excluding hydrogens is 200 g/mol. The Balaban J connectivity index is 2.74. The van der Waals surface area contributed by atoms with Crippen molar-refractivity contribution >= 4 is 11.4 Å². The fourth-order valence-electron chi connectivity index (χ4n) is 1.78. The minimum Gasteiger partial charge on any atom is -0.398 e. The summed E-state index contributed by atoms with van der Waals surface area (Å²) in [6.45, 7) is 6.43. The van der Waals surface area contributed by atoms with E-state index in [1.54, 1.807) is 0 Å². The van der Waals surface area contributed by atoms with Gasteiger partial charge in [-0.3, -0.25) is 0 Å². The number of rotatable bonds is 5. The van der Waals surface area contributed by atoms with Crippen molar-refractivity contribution in [1.82, 2.24) is 0 Å². The van der Waals surface area contributed by atoms with Gasteiger partial charge in [0.2, 0.25) is 0 Å². The molecule has 1 aromatic rings. The molecule has 0 fully saturated rings. The number of nitrogens with two attached hydrogens (primary N) is 1. The average Bonchev–Trinajstić information content (AvgIpc) is 2.23. The van der Waals surface area contributed by atoms with Crippen LogP contribution in [-0.2, 0) is 0 Å². The van der Waals surface area contributed by atoms with Gasteiger partial charge in [0.15, 0.2) is 0 Å². The molecule has 0 heterocycles. The van der Waals surface area contributed by atoms with E-state index in [1.165, 1.54) is 0 Å². The first-order valence-electron chi connectivity index (χ1n) is 5.77. The lowest BCUT2D eigenvalue weighted by Gasteiger charge is -2.21. The molecule has 3 nitrogen and oxygen atoms in total. The van der Waals surface area contributed by atoms with E-state index in [0.717, 1.165) is 23.4 Å². The minimum atomic E-state index is 0.0977. The molecule has 3 heteroatoms. The number of nitrogens with one attached hydrogen (secondary N) is 1. The lowest BCUT2D eigenvalue weighted by molar-refractivity contribution is 0.259. The Hall–Kier alpha value is -1.22. The molecule has 1 unspecified atom stereocenters. The monoisotopic (exact) mass is 222 g/mol. The number of anilines is 2. The third-order valence-electron chi connectivity index (χ3n) is 2.71. The van der Waals surface area contributed by atoms with E-state index in [0.29, 0.717) is 5.92 Å². The van der Waals surface area contributed by atoms with Crippen molar-refractivity contribution in [3.63, 3.8) is 0 Å². The molecule has 0 saturated heterocycles. The number of aliphatic hydroxyl groups is 1. The zero-order valence-corrected chi connectivity index (χ0v) is 10.3. The van der Waals surface area contributed by atoms with Crippen molar-refractivity contribution in [2.75, 3.05) is 17.7 Å². The normalized spacial score (nSPS) is 12.8. The minimum absolute atomic E-state index is 0.0977. The van der Waals surface area contributed by atoms with Crippen molar-refractivity contribution in [3.8, 4) is 0 Å². The summed E-state index contributed by atoms with van der Waals surface area (Å²) in [5.41, 5.74) is 8.68. The molecule has 4 N–H and O–H groups in total. The second-order valence-electron chi connectivity index (χ2n) is 4.67. The molecule has 1 aromatic carbocycles. The number of benzene rings is 1. The highest BCUT2D eigenvalue weighted by Crippen LogP contribution is 2.22. The van der Waals surface area contributed by atoms with Gasteiger partial charge in [-0.1, -0.05) is 19.9 Å². The Labute approximate surface area is 97.7 Å². The molecular formula is C13H22N2O. The van der Waals surface area contributed by atoms with Gasteiger partial charge < -0.3 is 16.2 Å². The number of nitrogen functional groups attached to an aromatic ring is 1. The van der Waals surface area contributed by atoms with E-state index in [-0.39, 0.29) is 12.6 Å². The Morgan fingerprint density at radius 3 is 2.62 bits per heavy atom. The van der Waals surface area contributed by atoms with Gasteiger partial charge in [0, 0.05) is 17.4 Å². The van der Waals surface area contributed by atoms with Crippen LogP contribution in [0.2, 0.25) is 0 Å². The largest absolute Gasteiger partial charge is 0.398 e. The van der Waals surface area contributed by atoms with Crippen LogP contribution in [0.5, 0.6) is 0 Å². The maximum absolute atomic E-state index is 9.30. The van der Waals surface area contributed by atoms with Crippen LogP contribution in [0.1, 0.15) is 25.8 Å². The average molecular weight is 222 g/mol. The summed E-state index contributed by atoms with van der Waals surface area (Å²) in [6.07, 6.45) is 0.949. The summed E-state index contributed by atoms with van der Waals surface area (Å²) >= 11 is 0. The van der Waals surface area contributed by atoms with Gasteiger partial charge in [0.1, 0.15) is 0 Å². The van der Waals surface area contributed by atoms with Gasteiger partial charge in [-0.15, -0.1) is 0 Å². The number of aliphatic hydroxyl groups excluding tert-OH is 1. The van der Waals surface area contributed by atoms with Crippen LogP contribution in [0.15, 0.2) is 18.2 Å². The standard InChI is InChI=1S/C13H22N2O/c1-9(2)7-11(8-16)15-13-6-4-5-12(14)10(13)3/h4-6,9,11,15-16H,7-8,14H2,1-3H3. The predicted octanol–water partition coefficient (Wildman–Crippen LogP) is 2.40. The summed E-state index contributed by atoms with van der Waals surface area (Å²) in [5.74, 6) is 0.561. The molecule has 0 amide bonds. The molecule has 0 spiro atoms. The van der Waals surface area contributed by atoms with Crippen molar-refractivity contribution in [1.29, 1.82) is 0 Å². The Kier molecular flexibility index (Phi) is 4.62. The molecule has 16 heavy (non-hydrogen) atoms. The van der Waals surface area contributed by atoms with Crippen molar-refractivity contribution in [2.24, 2.45) is 5.92 Å². The first-order chi connectivity index (χ1) is 7.54. The van der Waals surface area contributed by atoms with Gasteiger partial charge in [-0.25, -0.2) is 0 Å². The van der Waals surface area contributed by atoms with Gasteiger partial charge in [-0.2, -0.15) is 0 Å². The zero-order valence-electron chi connectivity index (χ0n) is 10.3. The van der Waals surface area contributed by atoms with Gasteiger partial charge >= 0.3 is 0 Å². The fraction of sp³-hybridized carbons (Fsp3) is 0.538. The summed E-state index contributed by atoms with van der Waals surface area (Å²) < 4.78 is 0. The Bertz CT molecular complexity index is 337. The molecule has 0 radical (unpaired) electrons. The van der Waals surface area contributed by atoms with E-state index >= 15 is 0 Å². The molecule has 0 aliphatic rings. The smallest absolute Gasteiger partial charge is 0.0632 e. The molecule has 0 saturated carbocycles. The van der Waals surface area contributed by atoms with Gasteiger partial charge in [-0.05, 0) is 37.0 Å². The zero-order chi connectivity index (χ0) is 12.1. The van der Waals surface area contributed by atoms with E-state index < -0.39 is 0 Å². The van der Waals surface area contributed by atoms with Crippen LogP contribution in [0, 0.1) is 12.8 Å². The number of hydrogen-bond donors (Lipinski definition) is 3. The van der Waals surface area contributed by atoms with Gasteiger partial charge in [0.05, 0.1) is 6.61 Å². The molecule has 0 aromatic heterocycles. The van der Waals surface area contributed by atoms with Crippen LogP contribution in [0.4, 0.5) is 11.4 Å². The van der Waals surface area contributed by atoms with E-state index in [2.05, 4.69) is 19.2 Å². The van der Waals surface area contributed by atoms with Crippen molar-refractivity contribution in [2.45, 2.75) is 33.2 Å². The first kappa shape index (κ1) is 12.8. The third kappa shape index (κ3) is 3.42. The lowest BCUT2D eigenvalue weighted by atomic mass is 10.0. The number of hydrogen-bond acceptors (Lipinski definition) is 3. The summed E-state index contributed by atoms with van der Waals surface area (Å²) in [7, 11) is 0. The van der Waals surface area contributed by atoms with Crippen LogP contribution in [0.3, 0.4) is 0 Å². The fourth-order valence-corrected chi connectivity index (χ4v) is 1.78. The van der Waals surface area contributed by atoms with Crippen molar-refractivity contribution in [3.05, 3.63) is 23.8 Å². The molecule has 0 bridgehead atoms. The molecule has 0 aliphatic heterocycles. The second kappa shape index (κ2) is 5.75. The Morgan fingerprint density at radius 1 is 1.38 bits per heavy atom. The molecule has 90 valence electrons. The Morgan fingerprint density at radius 2 is 2.06 bits per heavy atom. The highest BCUT2D eigenvalue weighted by molar-refractivity contribution is 5.63. The molecule has 1 rings (SSSR count). The maximum atomic E-state index is 9.30. The first-order valence-corrected chi connectivity index (χ1v) is 5.77. The summed E-state index contributed by atoms with van der Waals surface area (Å²) in [6, 6.07) is 5.90. The lowest BCUT2D eigenvalue weighted by Crippen LogP contribution is -2.26. The summed E-state index contributed by atoms with van der Waals surface area (Å²) in [4.78, 5) is 0. The van der Waals surface area contributed by atoms with E-state index in [4.69, 9.17) is 5.73 Å². The van der Waals surface area contributed by atoms with Gasteiger partial charge in [0.25, 0.3) is 0 Å². The van der Waals surface area contributed by atoms with E-state index in [1.807, 2.05) is 25.1 Å².